The second kappa shape index (κ2) is 5.77. The molecule has 0 aromatic rings. The van der Waals surface area contributed by atoms with Gasteiger partial charge >= 0.3 is 37.7 Å². The maximum Gasteiger partial charge on any atom is 1.00 e. The number of carbonyl (C=O) groups is 2. The van der Waals surface area contributed by atoms with Gasteiger partial charge in [-0.25, -0.2) is 0 Å². The minimum Gasteiger partial charge on any atom is -1.00 e. The summed E-state index contributed by atoms with van der Waals surface area (Å²) < 4.78 is 0. The maximum atomic E-state index is 10.3. The van der Waals surface area contributed by atoms with E-state index in [4.69, 9.17) is 0 Å². The molecule has 0 saturated carbocycles. The summed E-state index contributed by atoms with van der Waals surface area (Å²) in [6, 6.07) is 0. The summed E-state index contributed by atoms with van der Waals surface area (Å²) in [5.74, 6) is -0.241. The fourth-order valence-corrected chi connectivity index (χ4v) is 0.440. The van der Waals surface area contributed by atoms with Crippen LogP contribution in [0.2, 0.25) is 0 Å². The van der Waals surface area contributed by atoms with E-state index in [2.05, 4.69) is 0 Å². The van der Waals surface area contributed by atoms with Crippen LogP contribution in [0.15, 0.2) is 24.3 Å². The van der Waals surface area contributed by atoms with E-state index < -0.39 is 0 Å². The summed E-state index contributed by atoms with van der Waals surface area (Å²) in [6.45, 7) is 0. The predicted molar refractivity (Wildman–Crippen MR) is 30.5 cm³/mol. The van der Waals surface area contributed by atoms with Crippen LogP contribution >= 0.6 is 0 Å². The Balaban J connectivity index is -0.0000000800. The van der Waals surface area contributed by atoms with E-state index in [-0.39, 0.29) is 52.1 Å². The van der Waals surface area contributed by atoms with Gasteiger partial charge in [0.1, 0.15) is 0 Å². The van der Waals surface area contributed by atoms with Crippen molar-refractivity contribution in [2.24, 2.45) is 0 Å². The van der Waals surface area contributed by atoms with Gasteiger partial charge in [0.25, 0.3) is 0 Å². The Kier molecular flexibility index (Phi) is 7.32. The Morgan fingerprint density at radius 2 is 1.00 bits per heavy atom. The monoisotopic (exact) mass is 124 g/mol. The maximum absolute atomic E-state index is 10.3. The number of hydrogen-bond donors (Lipinski definition) is 0. The number of ketones is 2. The second-order valence-electron chi connectivity index (χ2n) is 1.47. The minimum atomic E-state index is -0.121. The molecule has 0 unspecified atom stereocenters. The molecule has 1 aliphatic carbocycles. The summed E-state index contributed by atoms with van der Waals surface area (Å²) in [7, 11) is 0. The smallest absolute Gasteiger partial charge is 1.00 e. The van der Waals surface area contributed by atoms with Crippen molar-refractivity contribution < 1.29 is 50.2 Å². The van der Waals surface area contributed by atoms with E-state index in [0.717, 1.165) is 0 Å². The zero-order chi connectivity index (χ0) is 5.98. The molecule has 1 aliphatic rings. The molecule has 44 valence electrons. The largest absolute Gasteiger partial charge is 1.00 e. The van der Waals surface area contributed by atoms with Crippen LogP contribution in [0.1, 0.15) is 2.85 Å². The summed E-state index contributed by atoms with van der Waals surface area (Å²) in [5, 5.41) is 0. The van der Waals surface area contributed by atoms with Crippen LogP contribution < -0.4 is 37.7 Å². The van der Waals surface area contributed by atoms with Gasteiger partial charge in [-0.05, 0) is 24.3 Å². The fourth-order valence-electron chi connectivity index (χ4n) is 0.440. The van der Waals surface area contributed by atoms with Crippen LogP contribution in [0, 0.1) is 0 Å². The van der Waals surface area contributed by atoms with Gasteiger partial charge in [-0.2, -0.15) is 0 Å². The van der Waals surface area contributed by atoms with Crippen LogP contribution in [0.25, 0.3) is 0 Å². The van der Waals surface area contributed by atoms with E-state index in [0.29, 0.717) is 0 Å². The van der Waals surface area contributed by atoms with Crippen molar-refractivity contribution in [1.29, 1.82) is 0 Å². The summed E-state index contributed by atoms with van der Waals surface area (Å²) in [4.78, 5) is 20.6. The van der Waals surface area contributed by atoms with Crippen molar-refractivity contribution in [2.75, 3.05) is 0 Å². The van der Waals surface area contributed by atoms with Gasteiger partial charge in [-0.3, -0.25) is 9.59 Å². The fraction of sp³-hybridized carbons (Fsp3) is 0. The normalized spacial score (nSPS) is 14.0. The molecule has 0 amide bonds. The first-order chi connectivity index (χ1) is 3.79. The molecular weight excluding hydrogens is 118 g/mol. The Hall–Kier alpha value is 0.0148. The Morgan fingerprint density at radius 1 is 0.800 bits per heavy atom. The molecule has 0 N–H and O–H groups in total. The third-order valence-electron chi connectivity index (χ3n) is 0.824. The molecule has 0 bridgehead atoms. The van der Waals surface area contributed by atoms with Crippen LogP contribution in [-0.2, 0) is 9.59 Å². The van der Waals surface area contributed by atoms with Crippen molar-refractivity contribution in [3.05, 3.63) is 24.3 Å². The number of rotatable bonds is 0. The van der Waals surface area contributed by atoms with Crippen LogP contribution in [0.4, 0.5) is 0 Å². The zero-order valence-corrected chi connectivity index (χ0v) is 6.13. The number of carbonyl (C=O) groups excluding carboxylic acids is 2. The van der Waals surface area contributed by atoms with Crippen molar-refractivity contribution in [3.63, 3.8) is 0 Å². The van der Waals surface area contributed by atoms with Crippen LogP contribution in [0.5, 0.6) is 0 Å². The summed E-state index contributed by atoms with van der Waals surface area (Å²) >= 11 is 0. The van der Waals surface area contributed by atoms with Crippen molar-refractivity contribution >= 4 is 11.6 Å². The molecule has 0 aromatic carbocycles. The van der Waals surface area contributed by atoms with Crippen molar-refractivity contribution in [2.45, 2.75) is 0 Å². The van der Waals surface area contributed by atoms with Crippen LogP contribution in [-0.4, -0.2) is 11.6 Å². The molecule has 0 aliphatic heterocycles. The van der Waals surface area contributed by atoms with E-state index >= 15 is 0 Å². The quantitative estimate of drug-likeness (QED) is 0.238. The number of hydrogen-bond acceptors (Lipinski definition) is 2. The van der Waals surface area contributed by atoms with Gasteiger partial charge < -0.3 is 2.85 Å². The molecular formula is C6H6Li2O2. The first-order valence-electron chi connectivity index (χ1n) is 2.23. The average molecular weight is 124 g/mol. The molecule has 0 heterocycles. The SMILES string of the molecule is O=C1C=CC(=O)C=C1.[H-].[H-].[Li+].[Li+]. The first kappa shape index (κ1) is 12.7. The molecule has 10 heavy (non-hydrogen) atoms. The molecule has 4 heteroatoms. The van der Waals surface area contributed by atoms with E-state index in [1.165, 1.54) is 24.3 Å². The van der Waals surface area contributed by atoms with Gasteiger partial charge in [0.15, 0.2) is 11.6 Å². The van der Waals surface area contributed by atoms with E-state index in [1.807, 2.05) is 0 Å². The van der Waals surface area contributed by atoms with Gasteiger partial charge in [0.05, 0.1) is 0 Å². The molecule has 0 fully saturated rings. The van der Waals surface area contributed by atoms with Crippen molar-refractivity contribution in [1.82, 2.24) is 0 Å². The topological polar surface area (TPSA) is 34.1 Å². The van der Waals surface area contributed by atoms with Gasteiger partial charge in [0.2, 0.25) is 0 Å². The van der Waals surface area contributed by atoms with E-state index in [1.54, 1.807) is 0 Å². The van der Waals surface area contributed by atoms with Gasteiger partial charge in [-0.1, -0.05) is 0 Å². The second-order valence-corrected chi connectivity index (χ2v) is 1.47. The average Bonchev–Trinajstić information content (AvgIpc) is 1.77. The van der Waals surface area contributed by atoms with Gasteiger partial charge in [-0.15, -0.1) is 0 Å². The first-order valence-corrected chi connectivity index (χ1v) is 2.23. The Bertz CT molecular complexity index is 164. The third-order valence-corrected chi connectivity index (χ3v) is 0.824. The van der Waals surface area contributed by atoms with E-state index in [9.17, 15) is 9.59 Å². The van der Waals surface area contributed by atoms with Crippen molar-refractivity contribution in [3.8, 4) is 0 Å². The van der Waals surface area contributed by atoms with Crippen LogP contribution in [0.3, 0.4) is 0 Å². The zero-order valence-electron chi connectivity index (χ0n) is 8.13. The Morgan fingerprint density at radius 3 is 1.20 bits per heavy atom. The minimum absolute atomic E-state index is 0. The molecule has 0 radical (unpaired) electrons. The Labute approximate surface area is 86.1 Å². The molecule has 0 atom stereocenters. The standard InChI is InChI=1S/C6H4O2.2Li.2H/c7-5-1-2-6(8)4-3-5;;;;/h1-4H;;;;/q;2*+1;2*-1. The third kappa shape index (κ3) is 3.93. The summed E-state index contributed by atoms with van der Waals surface area (Å²) in [5.41, 5.74) is 0. The molecule has 0 aromatic heterocycles. The molecule has 0 saturated heterocycles. The number of allylic oxidation sites excluding steroid dienone is 4. The molecule has 1 rings (SSSR count). The molecule has 2 nitrogen and oxygen atoms in total. The van der Waals surface area contributed by atoms with Gasteiger partial charge in [0, 0.05) is 0 Å². The molecule has 0 spiro atoms. The predicted octanol–water partition coefficient (Wildman–Crippen LogP) is -5.52. The summed E-state index contributed by atoms with van der Waals surface area (Å²) in [6.07, 6.45) is 5.01.